The number of ether oxygens (including phenoxy) is 1. The highest BCUT2D eigenvalue weighted by Crippen LogP contribution is 2.22. The molecular formula is C19H22N2O2. The molecule has 0 amide bonds. The summed E-state index contributed by atoms with van der Waals surface area (Å²) >= 11 is 0. The van der Waals surface area contributed by atoms with Crippen LogP contribution in [-0.2, 0) is 22.7 Å². The maximum absolute atomic E-state index is 12.4. The molecule has 1 atom stereocenters. The summed E-state index contributed by atoms with van der Waals surface area (Å²) in [6.07, 6.45) is 0.632. The standard InChI is InChI=1S/C19H22N2O2/c20-19(18(22)23-14-17-9-5-2-6-10-17)11-12-21(15-19)13-16-7-3-1-4-8-16/h1-10H,11-15,20H2. The molecular weight excluding hydrogens is 288 g/mol. The fourth-order valence-electron chi connectivity index (χ4n) is 2.92. The highest BCUT2D eigenvalue weighted by molar-refractivity contribution is 5.81. The Hall–Kier alpha value is -2.17. The van der Waals surface area contributed by atoms with Crippen LogP contribution < -0.4 is 5.73 Å². The van der Waals surface area contributed by atoms with E-state index in [2.05, 4.69) is 17.0 Å². The summed E-state index contributed by atoms with van der Waals surface area (Å²) in [6, 6.07) is 19.9. The number of nitrogens with zero attached hydrogens (tertiary/aromatic N) is 1. The smallest absolute Gasteiger partial charge is 0.327 e. The fraction of sp³-hybridized carbons (Fsp3) is 0.316. The Morgan fingerprint density at radius 2 is 1.65 bits per heavy atom. The maximum Gasteiger partial charge on any atom is 0.327 e. The number of nitrogens with two attached hydrogens (primary N) is 1. The zero-order valence-electron chi connectivity index (χ0n) is 13.2. The minimum Gasteiger partial charge on any atom is -0.459 e. The summed E-state index contributed by atoms with van der Waals surface area (Å²) in [5.74, 6) is -0.308. The topological polar surface area (TPSA) is 55.6 Å². The van der Waals surface area contributed by atoms with Crippen molar-refractivity contribution in [2.75, 3.05) is 13.1 Å². The van der Waals surface area contributed by atoms with E-state index in [1.165, 1.54) is 5.56 Å². The third-order valence-electron chi connectivity index (χ3n) is 4.25. The van der Waals surface area contributed by atoms with Gasteiger partial charge in [0.1, 0.15) is 12.1 Å². The number of esters is 1. The molecule has 120 valence electrons. The van der Waals surface area contributed by atoms with Crippen LogP contribution in [0, 0.1) is 0 Å². The van der Waals surface area contributed by atoms with Gasteiger partial charge < -0.3 is 10.5 Å². The summed E-state index contributed by atoms with van der Waals surface area (Å²) in [5, 5.41) is 0. The van der Waals surface area contributed by atoms with Gasteiger partial charge in [0, 0.05) is 19.6 Å². The number of hydrogen-bond donors (Lipinski definition) is 1. The van der Waals surface area contributed by atoms with Gasteiger partial charge in [0.15, 0.2) is 0 Å². The van der Waals surface area contributed by atoms with E-state index >= 15 is 0 Å². The van der Waals surface area contributed by atoms with Gasteiger partial charge in [-0.3, -0.25) is 4.90 Å². The van der Waals surface area contributed by atoms with Crippen molar-refractivity contribution >= 4 is 5.97 Å². The Kier molecular flexibility index (Phi) is 4.74. The largest absolute Gasteiger partial charge is 0.459 e. The van der Waals surface area contributed by atoms with Crippen LogP contribution in [-0.4, -0.2) is 29.5 Å². The second-order valence-electron chi connectivity index (χ2n) is 6.16. The molecule has 2 aromatic carbocycles. The molecule has 1 unspecified atom stereocenters. The summed E-state index contributed by atoms with van der Waals surface area (Å²) in [6.45, 7) is 2.43. The summed E-state index contributed by atoms with van der Waals surface area (Å²) < 4.78 is 5.42. The molecule has 4 nitrogen and oxygen atoms in total. The summed E-state index contributed by atoms with van der Waals surface area (Å²) in [5.41, 5.74) is 7.60. The maximum atomic E-state index is 12.4. The normalized spacial score (nSPS) is 21.3. The minimum atomic E-state index is -0.899. The van der Waals surface area contributed by atoms with Crippen molar-refractivity contribution in [3.8, 4) is 0 Å². The number of carbonyl (C=O) groups is 1. The lowest BCUT2D eigenvalue weighted by molar-refractivity contribution is -0.151. The molecule has 0 aromatic heterocycles. The number of likely N-dealkylation sites (tertiary alicyclic amines) is 1. The van der Waals surface area contributed by atoms with Crippen LogP contribution in [0.25, 0.3) is 0 Å². The van der Waals surface area contributed by atoms with Crippen LogP contribution in [0.1, 0.15) is 17.5 Å². The van der Waals surface area contributed by atoms with Gasteiger partial charge in [0.2, 0.25) is 0 Å². The molecule has 23 heavy (non-hydrogen) atoms. The minimum absolute atomic E-state index is 0.275. The van der Waals surface area contributed by atoms with E-state index in [4.69, 9.17) is 10.5 Å². The van der Waals surface area contributed by atoms with Gasteiger partial charge in [-0.1, -0.05) is 60.7 Å². The third kappa shape index (κ3) is 3.97. The number of hydrogen-bond acceptors (Lipinski definition) is 4. The van der Waals surface area contributed by atoms with Crippen molar-refractivity contribution in [3.63, 3.8) is 0 Å². The lowest BCUT2D eigenvalue weighted by atomic mass is 10.0. The van der Waals surface area contributed by atoms with Crippen LogP contribution in [0.4, 0.5) is 0 Å². The zero-order chi connectivity index (χ0) is 16.1. The van der Waals surface area contributed by atoms with Crippen molar-refractivity contribution in [3.05, 3.63) is 71.8 Å². The van der Waals surface area contributed by atoms with Gasteiger partial charge in [0.25, 0.3) is 0 Å². The van der Waals surface area contributed by atoms with Gasteiger partial charge in [0.05, 0.1) is 0 Å². The molecule has 0 spiro atoms. The van der Waals surface area contributed by atoms with E-state index in [1.807, 2.05) is 48.5 Å². The first-order valence-corrected chi connectivity index (χ1v) is 7.92. The lowest BCUT2D eigenvalue weighted by Gasteiger charge is -2.23. The molecule has 2 N–H and O–H groups in total. The van der Waals surface area contributed by atoms with Crippen LogP contribution >= 0.6 is 0 Å². The van der Waals surface area contributed by atoms with Gasteiger partial charge in [-0.2, -0.15) is 0 Å². The van der Waals surface area contributed by atoms with Crippen LogP contribution in [0.15, 0.2) is 60.7 Å². The van der Waals surface area contributed by atoms with E-state index in [0.717, 1.165) is 18.7 Å². The Bertz CT molecular complexity index is 645. The lowest BCUT2D eigenvalue weighted by Crippen LogP contribution is -2.51. The molecule has 1 fully saturated rings. The third-order valence-corrected chi connectivity index (χ3v) is 4.25. The zero-order valence-corrected chi connectivity index (χ0v) is 13.2. The molecule has 3 rings (SSSR count). The molecule has 1 aliphatic heterocycles. The fourth-order valence-corrected chi connectivity index (χ4v) is 2.92. The van der Waals surface area contributed by atoms with E-state index < -0.39 is 5.54 Å². The first kappa shape index (κ1) is 15.7. The number of benzene rings is 2. The van der Waals surface area contributed by atoms with E-state index in [9.17, 15) is 4.79 Å². The van der Waals surface area contributed by atoms with Crippen molar-refractivity contribution in [1.82, 2.24) is 4.90 Å². The summed E-state index contributed by atoms with van der Waals surface area (Å²) in [7, 11) is 0. The second-order valence-corrected chi connectivity index (χ2v) is 6.16. The van der Waals surface area contributed by atoms with Crippen LogP contribution in [0.5, 0.6) is 0 Å². The van der Waals surface area contributed by atoms with Crippen LogP contribution in [0.3, 0.4) is 0 Å². The van der Waals surface area contributed by atoms with Crippen molar-refractivity contribution < 1.29 is 9.53 Å². The SMILES string of the molecule is NC1(C(=O)OCc2ccccc2)CCN(Cc2ccccc2)C1. The first-order valence-electron chi connectivity index (χ1n) is 7.92. The van der Waals surface area contributed by atoms with Crippen molar-refractivity contribution in [2.24, 2.45) is 5.73 Å². The van der Waals surface area contributed by atoms with E-state index in [0.29, 0.717) is 13.0 Å². The average molecular weight is 310 g/mol. The molecule has 1 heterocycles. The second kappa shape index (κ2) is 6.94. The average Bonchev–Trinajstić information content (AvgIpc) is 2.97. The van der Waals surface area contributed by atoms with Gasteiger partial charge in [-0.05, 0) is 17.5 Å². The van der Waals surface area contributed by atoms with E-state index in [-0.39, 0.29) is 12.6 Å². The van der Waals surface area contributed by atoms with Crippen molar-refractivity contribution in [1.29, 1.82) is 0 Å². The molecule has 0 radical (unpaired) electrons. The quantitative estimate of drug-likeness (QED) is 0.861. The molecule has 0 bridgehead atoms. The van der Waals surface area contributed by atoms with Crippen molar-refractivity contribution in [2.45, 2.75) is 25.1 Å². The molecule has 1 aliphatic rings. The van der Waals surface area contributed by atoms with Gasteiger partial charge in [-0.15, -0.1) is 0 Å². The Labute approximate surface area is 136 Å². The summed E-state index contributed by atoms with van der Waals surface area (Å²) in [4.78, 5) is 14.6. The molecule has 2 aromatic rings. The molecule has 4 heteroatoms. The molecule has 0 saturated carbocycles. The molecule has 0 aliphatic carbocycles. The predicted molar refractivity (Wildman–Crippen MR) is 89.5 cm³/mol. The number of rotatable bonds is 5. The van der Waals surface area contributed by atoms with Crippen LogP contribution in [0.2, 0.25) is 0 Å². The monoisotopic (exact) mass is 310 g/mol. The van der Waals surface area contributed by atoms with Gasteiger partial charge in [-0.25, -0.2) is 4.79 Å². The highest BCUT2D eigenvalue weighted by atomic mass is 16.5. The first-order chi connectivity index (χ1) is 11.2. The predicted octanol–water partition coefficient (Wildman–Crippen LogP) is 2.33. The number of carbonyl (C=O) groups excluding carboxylic acids is 1. The van der Waals surface area contributed by atoms with E-state index in [1.54, 1.807) is 0 Å². The Morgan fingerprint density at radius 3 is 2.30 bits per heavy atom. The van der Waals surface area contributed by atoms with Gasteiger partial charge >= 0.3 is 5.97 Å². The highest BCUT2D eigenvalue weighted by Gasteiger charge is 2.42. The molecule has 1 saturated heterocycles. The Morgan fingerprint density at radius 1 is 1.04 bits per heavy atom. The Balaban J connectivity index is 1.54.